The lowest BCUT2D eigenvalue weighted by atomic mass is 9.94. The van der Waals surface area contributed by atoms with E-state index < -0.39 is 34.1 Å². The molecule has 0 bridgehead atoms. The Morgan fingerprint density at radius 1 is 1.03 bits per heavy atom. The van der Waals surface area contributed by atoms with Crippen molar-refractivity contribution in [1.29, 1.82) is 0 Å². The number of aliphatic carboxylic acids is 1. The number of pyridine rings is 1. The third kappa shape index (κ3) is 4.97. The minimum Gasteiger partial charge on any atom is -0.480 e. The van der Waals surface area contributed by atoms with Gasteiger partial charge in [0.1, 0.15) is 22.4 Å². The summed E-state index contributed by atoms with van der Waals surface area (Å²) in [5.74, 6) is -1.58. The maximum absolute atomic E-state index is 13.2. The molecule has 1 atom stereocenters. The minimum absolute atomic E-state index is 0.0118. The fourth-order valence-electron chi connectivity index (χ4n) is 3.60. The number of benzene rings is 2. The summed E-state index contributed by atoms with van der Waals surface area (Å²) < 4.78 is 73.3. The van der Waals surface area contributed by atoms with E-state index in [-0.39, 0.29) is 23.1 Å². The zero-order chi connectivity index (χ0) is 24.5. The molecule has 0 fully saturated rings. The van der Waals surface area contributed by atoms with Crippen LogP contribution >= 0.6 is 0 Å². The molecule has 1 aliphatic rings. The lowest BCUT2D eigenvalue weighted by molar-refractivity contribution is -0.274. The standard InChI is InChI=1S/C22H17F3N2O6S/c23-22(24,25)33-16-7-5-15(6-8-16)32-19-10-9-17(13-26-19)34(30,31)27-12-11-14-3-1-2-4-18(14)20(27)21(28)29/h1-10,13,20H,11-12H2,(H,28,29)/t20-/m1/s1. The number of nitrogens with zero attached hydrogens (tertiary/aromatic N) is 2. The minimum atomic E-state index is -4.82. The molecular formula is C22H17F3N2O6S. The van der Waals surface area contributed by atoms with Gasteiger partial charge in [-0.15, -0.1) is 13.2 Å². The Kier molecular flexibility index (Phi) is 6.19. The summed E-state index contributed by atoms with van der Waals surface area (Å²) in [7, 11) is -4.20. The highest BCUT2D eigenvalue weighted by atomic mass is 32.2. The monoisotopic (exact) mass is 494 g/mol. The van der Waals surface area contributed by atoms with Gasteiger partial charge in [0.2, 0.25) is 15.9 Å². The van der Waals surface area contributed by atoms with Crippen molar-refractivity contribution in [3.8, 4) is 17.4 Å². The van der Waals surface area contributed by atoms with Gasteiger partial charge in [-0.05, 0) is 47.9 Å². The van der Waals surface area contributed by atoms with E-state index in [1.807, 2.05) is 0 Å². The van der Waals surface area contributed by atoms with Crippen molar-refractivity contribution in [3.05, 3.63) is 78.0 Å². The average Bonchev–Trinajstić information content (AvgIpc) is 2.79. The number of aromatic nitrogens is 1. The number of carboxylic acid groups (broad SMARTS) is 1. The molecule has 2 heterocycles. The highest BCUT2D eigenvalue weighted by molar-refractivity contribution is 7.89. The van der Waals surface area contributed by atoms with Gasteiger partial charge in [0.15, 0.2) is 0 Å². The first-order valence-electron chi connectivity index (χ1n) is 9.87. The largest absolute Gasteiger partial charge is 0.573 e. The predicted molar refractivity (Wildman–Crippen MR) is 112 cm³/mol. The maximum atomic E-state index is 13.2. The van der Waals surface area contributed by atoms with E-state index in [2.05, 4.69) is 9.72 Å². The van der Waals surface area contributed by atoms with Crippen LogP contribution in [-0.2, 0) is 21.2 Å². The van der Waals surface area contributed by atoms with Crippen LogP contribution in [0.5, 0.6) is 17.4 Å². The zero-order valence-corrected chi connectivity index (χ0v) is 18.1. The van der Waals surface area contributed by atoms with E-state index in [0.29, 0.717) is 12.0 Å². The third-order valence-corrected chi connectivity index (χ3v) is 6.92. The fraction of sp³-hybridized carbons (Fsp3) is 0.182. The Morgan fingerprint density at radius 3 is 2.32 bits per heavy atom. The molecule has 0 aliphatic carbocycles. The molecule has 0 saturated carbocycles. The van der Waals surface area contributed by atoms with E-state index >= 15 is 0 Å². The molecule has 1 N–H and O–H groups in total. The summed E-state index contributed by atoms with van der Waals surface area (Å²) >= 11 is 0. The van der Waals surface area contributed by atoms with Crippen LogP contribution in [0.15, 0.2) is 71.8 Å². The van der Waals surface area contributed by atoms with Crippen LogP contribution in [0.25, 0.3) is 0 Å². The molecule has 34 heavy (non-hydrogen) atoms. The number of hydrogen-bond acceptors (Lipinski definition) is 6. The zero-order valence-electron chi connectivity index (χ0n) is 17.3. The van der Waals surface area contributed by atoms with Gasteiger partial charge in [-0.25, -0.2) is 13.4 Å². The SMILES string of the molecule is O=C(O)[C@H]1c2ccccc2CCN1S(=O)(=O)c1ccc(Oc2ccc(OC(F)(F)F)cc2)nc1. The van der Waals surface area contributed by atoms with Gasteiger partial charge < -0.3 is 14.6 Å². The van der Waals surface area contributed by atoms with E-state index in [1.54, 1.807) is 24.3 Å². The van der Waals surface area contributed by atoms with Crippen molar-refractivity contribution in [2.24, 2.45) is 0 Å². The van der Waals surface area contributed by atoms with E-state index in [9.17, 15) is 31.5 Å². The Hall–Kier alpha value is -3.64. The Bertz CT molecular complexity index is 1300. The highest BCUT2D eigenvalue weighted by Crippen LogP contribution is 2.35. The average molecular weight is 494 g/mol. The second kappa shape index (κ2) is 8.95. The van der Waals surface area contributed by atoms with Gasteiger partial charge >= 0.3 is 12.3 Å². The first-order chi connectivity index (χ1) is 16.0. The second-order valence-corrected chi connectivity index (χ2v) is 9.15. The van der Waals surface area contributed by atoms with Crippen LogP contribution in [0.2, 0.25) is 0 Å². The van der Waals surface area contributed by atoms with Crippen molar-refractivity contribution in [1.82, 2.24) is 9.29 Å². The van der Waals surface area contributed by atoms with Crippen molar-refractivity contribution in [3.63, 3.8) is 0 Å². The molecule has 2 aromatic carbocycles. The van der Waals surface area contributed by atoms with Crippen molar-refractivity contribution in [2.45, 2.75) is 23.7 Å². The Morgan fingerprint density at radius 2 is 1.71 bits per heavy atom. The molecule has 0 spiro atoms. The molecule has 178 valence electrons. The molecule has 1 aliphatic heterocycles. The molecule has 8 nitrogen and oxygen atoms in total. The summed E-state index contributed by atoms with van der Waals surface area (Å²) in [5.41, 5.74) is 1.19. The molecule has 0 radical (unpaired) electrons. The van der Waals surface area contributed by atoms with E-state index in [4.69, 9.17) is 4.74 Å². The summed E-state index contributed by atoms with van der Waals surface area (Å²) in [6.07, 6.45) is -3.42. The molecule has 12 heteroatoms. The smallest absolute Gasteiger partial charge is 0.480 e. The summed E-state index contributed by atoms with van der Waals surface area (Å²) in [5, 5.41) is 9.74. The van der Waals surface area contributed by atoms with Gasteiger partial charge in [-0.1, -0.05) is 24.3 Å². The molecular weight excluding hydrogens is 477 g/mol. The van der Waals surface area contributed by atoms with Crippen LogP contribution < -0.4 is 9.47 Å². The Labute approximate surface area is 192 Å². The normalized spacial score (nSPS) is 16.5. The van der Waals surface area contributed by atoms with Gasteiger partial charge in [0, 0.05) is 12.6 Å². The first-order valence-corrected chi connectivity index (χ1v) is 11.3. The number of carboxylic acids is 1. The third-order valence-electron chi connectivity index (χ3n) is 5.07. The quantitative estimate of drug-likeness (QED) is 0.549. The van der Waals surface area contributed by atoms with Crippen LogP contribution in [0, 0.1) is 0 Å². The molecule has 1 aromatic heterocycles. The van der Waals surface area contributed by atoms with Crippen molar-refractivity contribution >= 4 is 16.0 Å². The number of alkyl halides is 3. The van der Waals surface area contributed by atoms with Gasteiger partial charge in [0.25, 0.3) is 0 Å². The molecule has 4 rings (SSSR count). The van der Waals surface area contributed by atoms with E-state index in [1.165, 1.54) is 24.3 Å². The number of sulfonamides is 1. The number of carbonyl (C=O) groups is 1. The van der Waals surface area contributed by atoms with E-state index in [0.717, 1.165) is 28.2 Å². The van der Waals surface area contributed by atoms with Crippen molar-refractivity contribution < 1.29 is 41.0 Å². The second-order valence-electron chi connectivity index (χ2n) is 7.26. The first kappa shape index (κ1) is 23.5. The molecule has 0 saturated heterocycles. The maximum Gasteiger partial charge on any atom is 0.573 e. The van der Waals surface area contributed by atoms with Crippen LogP contribution in [0.3, 0.4) is 0 Å². The Balaban J connectivity index is 1.52. The molecule has 0 amide bonds. The van der Waals surface area contributed by atoms with Gasteiger partial charge in [-0.2, -0.15) is 4.31 Å². The lowest BCUT2D eigenvalue weighted by Gasteiger charge is -2.33. The van der Waals surface area contributed by atoms with Crippen LogP contribution in [-0.4, -0.2) is 41.7 Å². The van der Waals surface area contributed by atoms with Gasteiger partial charge in [0.05, 0.1) is 6.20 Å². The number of rotatable bonds is 6. The van der Waals surface area contributed by atoms with Crippen LogP contribution in [0.1, 0.15) is 17.2 Å². The topological polar surface area (TPSA) is 106 Å². The van der Waals surface area contributed by atoms with Crippen molar-refractivity contribution in [2.75, 3.05) is 6.54 Å². The number of hydrogen-bond donors (Lipinski definition) is 1. The van der Waals surface area contributed by atoms with Gasteiger partial charge in [-0.3, -0.25) is 4.79 Å². The highest BCUT2D eigenvalue weighted by Gasteiger charge is 2.40. The number of ether oxygens (including phenoxy) is 2. The predicted octanol–water partition coefficient (Wildman–Crippen LogP) is 4.15. The summed E-state index contributed by atoms with van der Waals surface area (Å²) in [6, 6.07) is 12.5. The number of fused-ring (bicyclic) bond motifs is 1. The number of halogens is 3. The molecule has 0 unspecified atom stereocenters. The molecule has 3 aromatic rings. The van der Waals surface area contributed by atoms with Crippen LogP contribution in [0.4, 0.5) is 13.2 Å². The lowest BCUT2D eigenvalue weighted by Crippen LogP contribution is -2.43. The summed E-state index contributed by atoms with van der Waals surface area (Å²) in [6.45, 7) is -0.0130. The summed E-state index contributed by atoms with van der Waals surface area (Å²) in [4.78, 5) is 15.7. The fourth-order valence-corrected chi connectivity index (χ4v) is 5.11.